The summed E-state index contributed by atoms with van der Waals surface area (Å²) in [5.74, 6) is -2.74. The van der Waals surface area contributed by atoms with Crippen molar-refractivity contribution in [2.24, 2.45) is 5.92 Å². The van der Waals surface area contributed by atoms with Crippen molar-refractivity contribution in [2.45, 2.75) is 19.9 Å². The fourth-order valence-corrected chi connectivity index (χ4v) is 1.64. The second-order valence-corrected chi connectivity index (χ2v) is 4.63. The molecule has 2 N–H and O–H groups in total. The quantitative estimate of drug-likeness (QED) is 0.885. The van der Waals surface area contributed by atoms with Crippen molar-refractivity contribution < 1.29 is 19.1 Å². The van der Waals surface area contributed by atoms with Crippen molar-refractivity contribution in [3.05, 3.63) is 34.6 Å². The second-order valence-electron chi connectivity index (χ2n) is 4.19. The molecule has 6 heteroatoms. The number of benzene rings is 1. The molecule has 0 aliphatic heterocycles. The number of aliphatic carboxylic acids is 1. The number of amides is 1. The molecule has 0 saturated carbocycles. The van der Waals surface area contributed by atoms with Crippen LogP contribution in [-0.2, 0) is 4.79 Å². The van der Waals surface area contributed by atoms with Gasteiger partial charge in [0.1, 0.15) is 11.9 Å². The van der Waals surface area contributed by atoms with E-state index in [1.165, 1.54) is 6.07 Å². The molecule has 1 amide bonds. The predicted octanol–water partition coefficient (Wildman–Crippen LogP) is 2.32. The first-order valence-corrected chi connectivity index (χ1v) is 5.69. The van der Waals surface area contributed by atoms with E-state index in [9.17, 15) is 14.0 Å². The van der Waals surface area contributed by atoms with Crippen molar-refractivity contribution in [1.29, 1.82) is 0 Å². The lowest BCUT2D eigenvalue weighted by molar-refractivity contribution is -0.140. The van der Waals surface area contributed by atoms with E-state index in [0.717, 1.165) is 12.1 Å². The van der Waals surface area contributed by atoms with Crippen molar-refractivity contribution in [3.63, 3.8) is 0 Å². The van der Waals surface area contributed by atoms with Crippen molar-refractivity contribution in [2.75, 3.05) is 0 Å². The number of carboxylic acids is 1. The van der Waals surface area contributed by atoms with Crippen LogP contribution in [0.3, 0.4) is 0 Å². The second kappa shape index (κ2) is 5.82. The molecule has 18 heavy (non-hydrogen) atoms. The summed E-state index contributed by atoms with van der Waals surface area (Å²) in [4.78, 5) is 22.7. The number of halogens is 2. The highest BCUT2D eigenvalue weighted by Crippen LogP contribution is 2.14. The van der Waals surface area contributed by atoms with Gasteiger partial charge in [0.25, 0.3) is 5.91 Å². The molecule has 1 rings (SSSR count). The van der Waals surface area contributed by atoms with Gasteiger partial charge in [-0.2, -0.15) is 0 Å². The Labute approximate surface area is 109 Å². The van der Waals surface area contributed by atoms with Crippen molar-refractivity contribution in [1.82, 2.24) is 5.32 Å². The van der Waals surface area contributed by atoms with Gasteiger partial charge < -0.3 is 10.4 Å². The Morgan fingerprint density at radius 2 is 1.94 bits per heavy atom. The molecule has 1 atom stereocenters. The molecule has 0 spiro atoms. The van der Waals surface area contributed by atoms with Crippen LogP contribution in [0.2, 0.25) is 5.02 Å². The van der Waals surface area contributed by atoms with Crippen molar-refractivity contribution >= 4 is 23.5 Å². The zero-order chi connectivity index (χ0) is 13.9. The molecule has 0 bridgehead atoms. The van der Waals surface area contributed by atoms with Crippen LogP contribution in [0, 0.1) is 11.7 Å². The lowest BCUT2D eigenvalue weighted by Gasteiger charge is -2.17. The number of carbonyl (C=O) groups excluding carboxylic acids is 1. The third kappa shape index (κ3) is 3.70. The summed E-state index contributed by atoms with van der Waals surface area (Å²) >= 11 is 5.62. The highest BCUT2D eigenvalue weighted by atomic mass is 35.5. The Bertz CT molecular complexity index is 456. The molecular formula is C12H13ClFNO3. The summed E-state index contributed by atoms with van der Waals surface area (Å²) < 4.78 is 13.1. The topological polar surface area (TPSA) is 66.4 Å². The molecule has 0 aliphatic rings. The van der Waals surface area contributed by atoms with E-state index in [1.54, 1.807) is 13.8 Å². The molecule has 1 aromatic rings. The maximum Gasteiger partial charge on any atom is 0.326 e. The Morgan fingerprint density at radius 3 is 2.39 bits per heavy atom. The highest BCUT2D eigenvalue weighted by molar-refractivity contribution is 6.31. The first-order valence-electron chi connectivity index (χ1n) is 5.31. The van der Waals surface area contributed by atoms with Gasteiger partial charge in [0.2, 0.25) is 0 Å². The number of carboxylic acid groups (broad SMARTS) is 1. The SMILES string of the molecule is CC(C)[C@@H](NC(=O)c1cc(F)cc(Cl)c1)C(=O)O. The smallest absolute Gasteiger partial charge is 0.326 e. The van der Waals surface area contributed by atoms with E-state index in [4.69, 9.17) is 16.7 Å². The van der Waals surface area contributed by atoms with Crippen LogP contribution in [0.4, 0.5) is 4.39 Å². The summed E-state index contributed by atoms with van der Waals surface area (Å²) in [6.07, 6.45) is 0. The van der Waals surface area contributed by atoms with E-state index in [1.807, 2.05) is 0 Å². The molecule has 0 radical (unpaired) electrons. The minimum Gasteiger partial charge on any atom is -0.480 e. The van der Waals surface area contributed by atoms with E-state index in [0.29, 0.717) is 0 Å². The van der Waals surface area contributed by atoms with Gasteiger partial charge in [-0.1, -0.05) is 25.4 Å². The minimum atomic E-state index is -1.14. The summed E-state index contributed by atoms with van der Waals surface area (Å²) in [5, 5.41) is 11.3. The molecule has 0 fully saturated rings. The molecule has 0 aromatic heterocycles. The molecule has 0 saturated heterocycles. The molecule has 98 valence electrons. The van der Waals surface area contributed by atoms with Crippen LogP contribution in [0.1, 0.15) is 24.2 Å². The third-order valence-corrected chi connectivity index (χ3v) is 2.56. The maximum atomic E-state index is 13.1. The van der Waals surface area contributed by atoms with Gasteiger partial charge in [0.05, 0.1) is 0 Å². The van der Waals surface area contributed by atoms with Crippen LogP contribution in [0.15, 0.2) is 18.2 Å². The van der Waals surface area contributed by atoms with Gasteiger partial charge in [-0.25, -0.2) is 9.18 Å². The molecule has 1 aromatic carbocycles. The Balaban J connectivity index is 2.90. The summed E-state index contributed by atoms with van der Waals surface area (Å²) in [7, 11) is 0. The molecule has 4 nitrogen and oxygen atoms in total. The zero-order valence-electron chi connectivity index (χ0n) is 9.91. The number of carbonyl (C=O) groups is 2. The van der Waals surface area contributed by atoms with Gasteiger partial charge in [0.15, 0.2) is 0 Å². The normalized spacial score (nSPS) is 12.3. The number of nitrogens with one attached hydrogen (secondary N) is 1. The zero-order valence-corrected chi connectivity index (χ0v) is 10.7. The van der Waals surface area contributed by atoms with Gasteiger partial charge in [0, 0.05) is 10.6 Å². The third-order valence-electron chi connectivity index (χ3n) is 2.34. The summed E-state index contributed by atoms with van der Waals surface area (Å²) in [6, 6.07) is 2.31. The van der Waals surface area contributed by atoms with Gasteiger partial charge in [-0.05, 0) is 24.1 Å². The fourth-order valence-electron chi connectivity index (χ4n) is 1.42. The molecule has 0 heterocycles. The van der Waals surface area contributed by atoms with Gasteiger partial charge in [-0.15, -0.1) is 0 Å². The van der Waals surface area contributed by atoms with Crippen molar-refractivity contribution in [3.8, 4) is 0 Å². The predicted molar refractivity (Wildman–Crippen MR) is 65.1 cm³/mol. The summed E-state index contributed by atoms with van der Waals surface area (Å²) in [5.41, 5.74) is -0.00750. The largest absolute Gasteiger partial charge is 0.480 e. The molecule has 0 unspecified atom stereocenters. The number of hydrogen-bond acceptors (Lipinski definition) is 2. The van der Waals surface area contributed by atoms with Crippen LogP contribution < -0.4 is 5.32 Å². The van der Waals surface area contributed by atoms with Crippen LogP contribution in [0.25, 0.3) is 0 Å². The number of hydrogen-bond donors (Lipinski definition) is 2. The van der Waals surface area contributed by atoms with Gasteiger partial charge >= 0.3 is 5.97 Å². The van der Waals surface area contributed by atoms with E-state index >= 15 is 0 Å². The number of rotatable bonds is 4. The van der Waals surface area contributed by atoms with E-state index < -0.39 is 23.7 Å². The van der Waals surface area contributed by atoms with E-state index in [-0.39, 0.29) is 16.5 Å². The first kappa shape index (κ1) is 14.4. The lowest BCUT2D eigenvalue weighted by Crippen LogP contribution is -2.44. The monoisotopic (exact) mass is 273 g/mol. The van der Waals surface area contributed by atoms with Gasteiger partial charge in [-0.3, -0.25) is 4.79 Å². The average molecular weight is 274 g/mol. The van der Waals surface area contributed by atoms with Crippen LogP contribution in [0.5, 0.6) is 0 Å². The average Bonchev–Trinajstić information content (AvgIpc) is 2.23. The fraction of sp³-hybridized carbons (Fsp3) is 0.333. The molecular weight excluding hydrogens is 261 g/mol. The highest BCUT2D eigenvalue weighted by Gasteiger charge is 2.24. The van der Waals surface area contributed by atoms with E-state index in [2.05, 4.69) is 5.32 Å². The van der Waals surface area contributed by atoms with Crippen LogP contribution in [-0.4, -0.2) is 23.0 Å². The first-order chi connectivity index (χ1) is 8.31. The Hall–Kier alpha value is -1.62. The Morgan fingerprint density at radius 1 is 1.33 bits per heavy atom. The standard InChI is InChI=1S/C12H13ClFNO3/c1-6(2)10(12(17)18)15-11(16)7-3-8(13)5-9(14)4-7/h3-6,10H,1-2H3,(H,15,16)(H,17,18)/t10-/m1/s1. The van der Waals surface area contributed by atoms with Crippen LogP contribution >= 0.6 is 11.6 Å². The molecule has 0 aliphatic carbocycles. The maximum absolute atomic E-state index is 13.1. The lowest BCUT2D eigenvalue weighted by atomic mass is 10.0. The minimum absolute atomic E-state index is 0.00750. The summed E-state index contributed by atoms with van der Waals surface area (Å²) in [6.45, 7) is 3.33. The Kier molecular flexibility index (Phi) is 4.67.